The molecule has 0 saturated carbocycles. The van der Waals surface area contributed by atoms with E-state index in [9.17, 15) is 9.59 Å². The largest absolute Gasteiger partial charge is 0.465 e. The van der Waals surface area contributed by atoms with E-state index >= 15 is 0 Å². The fourth-order valence-electron chi connectivity index (χ4n) is 1.72. The van der Waals surface area contributed by atoms with E-state index in [1.54, 1.807) is 37.5 Å². The molecule has 6 heteroatoms. The van der Waals surface area contributed by atoms with Crippen LogP contribution in [0.4, 0.5) is 0 Å². The highest BCUT2D eigenvalue weighted by Gasteiger charge is 2.09. The summed E-state index contributed by atoms with van der Waals surface area (Å²) in [4.78, 5) is 23.1. The smallest absolute Gasteiger partial charge is 0.325 e. The van der Waals surface area contributed by atoms with Crippen LogP contribution in [-0.4, -0.2) is 35.2 Å². The molecule has 20 heavy (non-hydrogen) atoms. The number of rotatable bonds is 5. The quantitative estimate of drug-likeness (QED) is 0.806. The number of aromatic nitrogens is 2. The van der Waals surface area contributed by atoms with Gasteiger partial charge in [-0.1, -0.05) is 12.1 Å². The fraction of sp³-hybridized carbons (Fsp3) is 0.214. The molecule has 2 N–H and O–H groups in total. The first-order chi connectivity index (χ1) is 9.70. The summed E-state index contributed by atoms with van der Waals surface area (Å²) in [5, 5.41) is 9.10. The Balaban J connectivity index is 2.03. The zero-order valence-corrected chi connectivity index (χ0v) is 11.1. The maximum absolute atomic E-state index is 11.9. The van der Waals surface area contributed by atoms with Gasteiger partial charge in [-0.15, -0.1) is 0 Å². The Labute approximate surface area is 116 Å². The Morgan fingerprint density at radius 3 is 2.90 bits per heavy atom. The van der Waals surface area contributed by atoms with Crippen molar-refractivity contribution in [1.82, 2.24) is 15.5 Å². The number of ether oxygens (including phenoxy) is 1. The van der Waals surface area contributed by atoms with Crippen molar-refractivity contribution in [2.75, 3.05) is 13.2 Å². The van der Waals surface area contributed by atoms with Gasteiger partial charge in [0.05, 0.1) is 12.8 Å². The number of nitrogens with zero attached hydrogens (tertiary/aromatic N) is 1. The Bertz CT molecular complexity index is 593. The molecule has 1 amide bonds. The van der Waals surface area contributed by atoms with Gasteiger partial charge in [0, 0.05) is 17.3 Å². The van der Waals surface area contributed by atoms with Gasteiger partial charge < -0.3 is 10.1 Å². The van der Waals surface area contributed by atoms with E-state index in [4.69, 9.17) is 4.74 Å². The SMILES string of the molecule is CCOC(=O)CNC(=O)c1cccc(-c2cn[nH]c2)c1. The van der Waals surface area contributed by atoms with Gasteiger partial charge in [0.2, 0.25) is 0 Å². The lowest BCUT2D eigenvalue weighted by molar-refractivity contribution is -0.141. The Hall–Kier alpha value is -2.63. The predicted molar refractivity (Wildman–Crippen MR) is 73.0 cm³/mol. The number of hydrogen-bond acceptors (Lipinski definition) is 4. The fourth-order valence-corrected chi connectivity index (χ4v) is 1.72. The third-order valence-electron chi connectivity index (χ3n) is 2.65. The second kappa shape index (κ2) is 6.51. The molecule has 1 aromatic carbocycles. The third kappa shape index (κ3) is 3.44. The summed E-state index contributed by atoms with van der Waals surface area (Å²) in [5.74, 6) is -0.768. The maximum atomic E-state index is 11.9. The van der Waals surface area contributed by atoms with E-state index < -0.39 is 5.97 Å². The number of carbonyl (C=O) groups excluding carboxylic acids is 2. The van der Waals surface area contributed by atoms with Crippen molar-refractivity contribution in [3.63, 3.8) is 0 Å². The molecule has 0 unspecified atom stereocenters. The Morgan fingerprint density at radius 2 is 2.20 bits per heavy atom. The average molecular weight is 273 g/mol. The van der Waals surface area contributed by atoms with E-state index in [1.165, 1.54) is 0 Å². The standard InChI is InChI=1S/C14H15N3O3/c1-2-20-13(18)9-15-14(19)11-5-3-4-10(6-11)12-7-16-17-8-12/h3-8H,2,9H2,1H3,(H,15,19)(H,16,17). The van der Waals surface area contributed by atoms with Gasteiger partial charge in [0.15, 0.2) is 0 Å². The zero-order valence-electron chi connectivity index (χ0n) is 11.1. The van der Waals surface area contributed by atoms with Gasteiger partial charge in [0.25, 0.3) is 5.91 Å². The van der Waals surface area contributed by atoms with Crippen LogP contribution < -0.4 is 5.32 Å². The molecule has 0 atom stereocenters. The van der Waals surface area contributed by atoms with Crippen LogP contribution in [0.5, 0.6) is 0 Å². The van der Waals surface area contributed by atoms with Gasteiger partial charge in [-0.3, -0.25) is 14.7 Å². The van der Waals surface area contributed by atoms with Crippen molar-refractivity contribution >= 4 is 11.9 Å². The normalized spacial score (nSPS) is 10.1. The van der Waals surface area contributed by atoms with Crippen LogP contribution in [0.25, 0.3) is 11.1 Å². The van der Waals surface area contributed by atoms with Crippen LogP contribution in [0, 0.1) is 0 Å². The highest BCUT2D eigenvalue weighted by atomic mass is 16.5. The summed E-state index contributed by atoms with van der Waals surface area (Å²) in [6, 6.07) is 7.09. The van der Waals surface area contributed by atoms with E-state index in [1.807, 2.05) is 6.07 Å². The molecule has 0 saturated heterocycles. The van der Waals surface area contributed by atoms with Crippen molar-refractivity contribution in [2.45, 2.75) is 6.92 Å². The zero-order chi connectivity index (χ0) is 14.4. The Morgan fingerprint density at radius 1 is 1.35 bits per heavy atom. The molecule has 2 rings (SSSR count). The van der Waals surface area contributed by atoms with Crippen LogP contribution in [0.3, 0.4) is 0 Å². The third-order valence-corrected chi connectivity index (χ3v) is 2.65. The van der Waals surface area contributed by atoms with Gasteiger partial charge in [-0.2, -0.15) is 5.10 Å². The topological polar surface area (TPSA) is 84.1 Å². The first-order valence-corrected chi connectivity index (χ1v) is 6.23. The molecular weight excluding hydrogens is 258 g/mol. The highest BCUT2D eigenvalue weighted by molar-refractivity contribution is 5.96. The van der Waals surface area contributed by atoms with Crippen molar-refractivity contribution in [2.24, 2.45) is 0 Å². The summed E-state index contributed by atoms with van der Waals surface area (Å²) in [6.45, 7) is 1.88. The molecule has 1 heterocycles. The van der Waals surface area contributed by atoms with Crippen molar-refractivity contribution in [1.29, 1.82) is 0 Å². The van der Waals surface area contributed by atoms with Gasteiger partial charge in [-0.05, 0) is 24.6 Å². The number of benzene rings is 1. The van der Waals surface area contributed by atoms with Crippen molar-refractivity contribution in [3.05, 3.63) is 42.2 Å². The van der Waals surface area contributed by atoms with E-state index in [0.29, 0.717) is 12.2 Å². The molecule has 0 fully saturated rings. The number of esters is 1. The summed E-state index contributed by atoms with van der Waals surface area (Å²) in [5.41, 5.74) is 2.25. The molecule has 0 radical (unpaired) electrons. The number of aromatic amines is 1. The summed E-state index contributed by atoms with van der Waals surface area (Å²) >= 11 is 0. The predicted octanol–water partition coefficient (Wildman–Crippen LogP) is 1.37. The summed E-state index contributed by atoms with van der Waals surface area (Å²) < 4.78 is 4.74. The first-order valence-electron chi connectivity index (χ1n) is 6.23. The van der Waals surface area contributed by atoms with Gasteiger partial charge >= 0.3 is 5.97 Å². The van der Waals surface area contributed by atoms with E-state index in [-0.39, 0.29) is 12.5 Å². The molecule has 0 bridgehead atoms. The lowest BCUT2D eigenvalue weighted by Gasteiger charge is -2.06. The van der Waals surface area contributed by atoms with E-state index in [0.717, 1.165) is 11.1 Å². The molecule has 1 aromatic heterocycles. The van der Waals surface area contributed by atoms with Gasteiger partial charge in [-0.25, -0.2) is 0 Å². The minimum Gasteiger partial charge on any atom is -0.465 e. The lowest BCUT2D eigenvalue weighted by Crippen LogP contribution is -2.30. The maximum Gasteiger partial charge on any atom is 0.325 e. The van der Waals surface area contributed by atoms with Crippen molar-refractivity contribution in [3.8, 4) is 11.1 Å². The monoisotopic (exact) mass is 273 g/mol. The molecule has 0 aliphatic carbocycles. The lowest BCUT2D eigenvalue weighted by atomic mass is 10.1. The molecule has 0 aliphatic rings. The van der Waals surface area contributed by atoms with Crippen LogP contribution in [0.15, 0.2) is 36.7 Å². The highest BCUT2D eigenvalue weighted by Crippen LogP contribution is 2.18. The number of nitrogens with one attached hydrogen (secondary N) is 2. The molecule has 2 aromatic rings. The molecular formula is C14H15N3O3. The number of hydrogen-bond donors (Lipinski definition) is 2. The van der Waals surface area contributed by atoms with Crippen LogP contribution in [0.2, 0.25) is 0 Å². The van der Waals surface area contributed by atoms with Gasteiger partial charge in [0.1, 0.15) is 6.54 Å². The average Bonchev–Trinajstić information content (AvgIpc) is 2.99. The summed E-state index contributed by atoms with van der Waals surface area (Å²) in [7, 11) is 0. The number of H-pyrrole nitrogens is 1. The van der Waals surface area contributed by atoms with Crippen molar-refractivity contribution < 1.29 is 14.3 Å². The number of carbonyl (C=O) groups is 2. The molecule has 6 nitrogen and oxygen atoms in total. The second-order valence-corrected chi connectivity index (χ2v) is 4.06. The Kier molecular flexibility index (Phi) is 4.49. The molecule has 104 valence electrons. The minimum absolute atomic E-state index is 0.136. The minimum atomic E-state index is -0.452. The second-order valence-electron chi connectivity index (χ2n) is 4.06. The number of amides is 1. The van der Waals surface area contributed by atoms with Crippen LogP contribution in [-0.2, 0) is 9.53 Å². The first kappa shape index (κ1) is 13.8. The van der Waals surface area contributed by atoms with Crippen LogP contribution in [0.1, 0.15) is 17.3 Å². The van der Waals surface area contributed by atoms with Crippen LogP contribution >= 0.6 is 0 Å². The molecule has 0 aliphatic heterocycles. The van der Waals surface area contributed by atoms with E-state index in [2.05, 4.69) is 15.5 Å². The summed E-state index contributed by atoms with van der Waals surface area (Å²) in [6.07, 6.45) is 3.42. The molecule has 0 spiro atoms.